The largest absolute Gasteiger partial charge is 0.497 e. The topological polar surface area (TPSA) is 68.2 Å². The first kappa shape index (κ1) is 19.7. The number of hydrogen-bond donors (Lipinski definition) is 2. The molecule has 0 aliphatic rings. The zero-order valence-electron chi connectivity index (χ0n) is 14.1. The normalized spacial score (nSPS) is 13.4. The van der Waals surface area contributed by atoms with E-state index in [4.69, 9.17) is 25.8 Å². The van der Waals surface area contributed by atoms with Crippen LogP contribution in [0.2, 0.25) is 5.02 Å². The Labute approximate surface area is 152 Å². The fourth-order valence-electron chi connectivity index (χ4n) is 2.19. The second kappa shape index (κ2) is 10.4. The summed E-state index contributed by atoms with van der Waals surface area (Å²) in [5.41, 5.74) is 1.91. The van der Waals surface area contributed by atoms with E-state index in [9.17, 15) is 10.2 Å². The van der Waals surface area contributed by atoms with Gasteiger partial charge in [0, 0.05) is 5.02 Å². The molecule has 0 spiro atoms. The Hall–Kier alpha value is -1.63. The van der Waals surface area contributed by atoms with Gasteiger partial charge in [0.15, 0.2) is 0 Å². The zero-order chi connectivity index (χ0) is 18.1. The van der Waals surface area contributed by atoms with Gasteiger partial charge in [-0.15, -0.1) is 0 Å². The van der Waals surface area contributed by atoms with Gasteiger partial charge in [0.05, 0.1) is 33.5 Å². The minimum atomic E-state index is -1.01. The van der Waals surface area contributed by atoms with Crippen molar-refractivity contribution in [1.29, 1.82) is 0 Å². The van der Waals surface area contributed by atoms with Gasteiger partial charge >= 0.3 is 0 Å². The smallest absolute Gasteiger partial charge is 0.118 e. The van der Waals surface area contributed by atoms with Gasteiger partial charge in [0.2, 0.25) is 0 Å². The standard InChI is InChI=1S/C19H23ClO5/c1-23-17-8-4-14(5-9-17)11-24-13-19(18(22)10-21)25-12-15-2-6-16(20)7-3-15/h2-9,18-19,21-22H,10-13H2,1H3/t18-,19+/m1/s1. The number of hydrogen-bond acceptors (Lipinski definition) is 5. The summed E-state index contributed by atoms with van der Waals surface area (Å²) >= 11 is 5.85. The van der Waals surface area contributed by atoms with E-state index in [2.05, 4.69) is 0 Å². The van der Waals surface area contributed by atoms with Gasteiger partial charge in [0.1, 0.15) is 18.0 Å². The Morgan fingerprint density at radius 1 is 0.960 bits per heavy atom. The maximum atomic E-state index is 9.91. The summed E-state index contributed by atoms with van der Waals surface area (Å²) in [6, 6.07) is 14.8. The molecule has 0 radical (unpaired) electrons. The lowest BCUT2D eigenvalue weighted by molar-refractivity contribution is -0.102. The van der Waals surface area contributed by atoms with E-state index in [0.29, 0.717) is 18.2 Å². The van der Waals surface area contributed by atoms with Crippen LogP contribution in [0, 0.1) is 0 Å². The number of methoxy groups -OCH3 is 1. The van der Waals surface area contributed by atoms with E-state index >= 15 is 0 Å². The molecule has 0 amide bonds. The summed E-state index contributed by atoms with van der Waals surface area (Å²) in [5, 5.41) is 19.8. The van der Waals surface area contributed by atoms with Crippen molar-refractivity contribution >= 4 is 11.6 Å². The van der Waals surface area contributed by atoms with Crippen LogP contribution in [0.4, 0.5) is 0 Å². The van der Waals surface area contributed by atoms with Crippen LogP contribution in [0.5, 0.6) is 5.75 Å². The van der Waals surface area contributed by atoms with Crippen LogP contribution in [0.25, 0.3) is 0 Å². The molecule has 0 aromatic heterocycles. The number of aliphatic hydroxyl groups excluding tert-OH is 2. The summed E-state index contributed by atoms with van der Waals surface area (Å²) in [5.74, 6) is 0.781. The minimum Gasteiger partial charge on any atom is -0.497 e. The highest BCUT2D eigenvalue weighted by molar-refractivity contribution is 6.30. The maximum absolute atomic E-state index is 9.91. The molecule has 2 N–H and O–H groups in total. The molecule has 6 heteroatoms. The molecule has 0 bridgehead atoms. The molecule has 0 saturated carbocycles. The SMILES string of the molecule is COc1ccc(COC[C@H](OCc2ccc(Cl)cc2)[C@H](O)CO)cc1. The van der Waals surface area contributed by atoms with Crippen molar-refractivity contribution in [2.24, 2.45) is 0 Å². The van der Waals surface area contributed by atoms with Crippen molar-refractivity contribution < 1.29 is 24.4 Å². The van der Waals surface area contributed by atoms with Crippen molar-refractivity contribution in [2.75, 3.05) is 20.3 Å². The maximum Gasteiger partial charge on any atom is 0.118 e. The van der Waals surface area contributed by atoms with E-state index in [0.717, 1.165) is 16.9 Å². The molecule has 5 nitrogen and oxygen atoms in total. The van der Waals surface area contributed by atoms with Gasteiger partial charge in [0.25, 0.3) is 0 Å². The second-order valence-corrected chi connectivity index (χ2v) is 6.03. The molecular weight excluding hydrogens is 344 g/mol. The number of ether oxygens (including phenoxy) is 3. The molecule has 2 aromatic rings. The first-order valence-electron chi connectivity index (χ1n) is 7.98. The highest BCUT2D eigenvalue weighted by Gasteiger charge is 2.19. The fraction of sp³-hybridized carbons (Fsp3) is 0.368. The van der Waals surface area contributed by atoms with Gasteiger partial charge < -0.3 is 24.4 Å². The number of halogens is 1. The first-order chi connectivity index (χ1) is 12.1. The summed E-state index contributed by atoms with van der Waals surface area (Å²) in [6.07, 6.45) is -1.64. The predicted octanol–water partition coefficient (Wildman–Crippen LogP) is 2.80. The van der Waals surface area contributed by atoms with Gasteiger partial charge in [-0.2, -0.15) is 0 Å². The number of rotatable bonds is 10. The van der Waals surface area contributed by atoms with Crippen LogP contribution >= 0.6 is 11.6 Å². The lowest BCUT2D eigenvalue weighted by Gasteiger charge is -2.22. The second-order valence-electron chi connectivity index (χ2n) is 5.59. The molecule has 136 valence electrons. The van der Waals surface area contributed by atoms with E-state index in [1.807, 2.05) is 36.4 Å². The Morgan fingerprint density at radius 2 is 1.56 bits per heavy atom. The van der Waals surface area contributed by atoms with Crippen molar-refractivity contribution in [3.8, 4) is 5.75 Å². The van der Waals surface area contributed by atoms with E-state index in [1.165, 1.54) is 0 Å². The third-order valence-corrected chi connectivity index (χ3v) is 3.96. The molecule has 25 heavy (non-hydrogen) atoms. The number of aliphatic hydroxyl groups is 2. The van der Waals surface area contributed by atoms with Crippen LogP contribution < -0.4 is 4.74 Å². The molecule has 0 heterocycles. The summed E-state index contributed by atoms with van der Waals surface area (Å²) in [7, 11) is 1.62. The Kier molecular flexibility index (Phi) is 8.18. The molecule has 0 aliphatic carbocycles. The van der Waals surface area contributed by atoms with E-state index < -0.39 is 18.8 Å². The van der Waals surface area contributed by atoms with Crippen LogP contribution in [0.1, 0.15) is 11.1 Å². The highest BCUT2D eigenvalue weighted by Crippen LogP contribution is 2.14. The molecule has 2 rings (SSSR count). The van der Waals surface area contributed by atoms with Crippen molar-refractivity contribution in [2.45, 2.75) is 25.4 Å². The van der Waals surface area contributed by atoms with E-state index in [-0.39, 0.29) is 6.61 Å². The quantitative estimate of drug-likeness (QED) is 0.676. The van der Waals surface area contributed by atoms with Gasteiger partial charge in [-0.3, -0.25) is 0 Å². The predicted molar refractivity (Wildman–Crippen MR) is 95.8 cm³/mol. The van der Waals surface area contributed by atoms with Gasteiger partial charge in [-0.1, -0.05) is 35.9 Å². The van der Waals surface area contributed by atoms with Crippen LogP contribution in [0.15, 0.2) is 48.5 Å². The average molecular weight is 367 g/mol. The molecule has 2 aromatic carbocycles. The van der Waals surface area contributed by atoms with Gasteiger partial charge in [-0.05, 0) is 35.4 Å². The average Bonchev–Trinajstić information content (AvgIpc) is 2.65. The first-order valence-corrected chi connectivity index (χ1v) is 8.36. The summed E-state index contributed by atoms with van der Waals surface area (Å²) < 4.78 is 16.4. The summed E-state index contributed by atoms with van der Waals surface area (Å²) in [4.78, 5) is 0. The summed E-state index contributed by atoms with van der Waals surface area (Å²) in [6.45, 7) is 0.451. The Balaban J connectivity index is 1.83. The fourth-order valence-corrected chi connectivity index (χ4v) is 2.31. The highest BCUT2D eigenvalue weighted by atomic mass is 35.5. The lowest BCUT2D eigenvalue weighted by atomic mass is 10.2. The monoisotopic (exact) mass is 366 g/mol. The van der Waals surface area contributed by atoms with Crippen molar-refractivity contribution in [3.05, 3.63) is 64.7 Å². The third-order valence-electron chi connectivity index (χ3n) is 3.70. The van der Waals surface area contributed by atoms with E-state index in [1.54, 1.807) is 19.2 Å². The minimum absolute atomic E-state index is 0.168. The molecule has 0 unspecified atom stereocenters. The molecule has 0 fully saturated rings. The van der Waals surface area contributed by atoms with Crippen LogP contribution in [-0.2, 0) is 22.7 Å². The van der Waals surface area contributed by atoms with Crippen LogP contribution in [-0.4, -0.2) is 42.7 Å². The Morgan fingerprint density at radius 3 is 2.16 bits per heavy atom. The third kappa shape index (κ3) is 6.65. The zero-order valence-corrected chi connectivity index (χ0v) is 14.9. The van der Waals surface area contributed by atoms with Crippen LogP contribution in [0.3, 0.4) is 0 Å². The lowest BCUT2D eigenvalue weighted by Crippen LogP contribution is -2.36. The molecule has 0 saturated heterocycles. The van der Waals surface area contributed by atoms with Crippen molar-refractivity contribution in [1.82, 2.24) is 0 Å². The molecular formula is C19H23ClO5. The Bertz CT molecular complexity index is 615. The van der Waals surface area contributed by atoms with Crippen molar-refractivity contribution in [3.63, 3.8) is 0 Å². The van der Waals surface area contributed by atoms with Gasteiger partial charge in [-0.25, -0.2) is 0 Å². The number of benzene rings is 2. The molecule has 2 atom stereocenters. The molecule has 0 aliphatic heterocycles.